The lowest BCUT2D eigenvalue weighted by molar-refractivity contribution is 0.554. The third-order valence-corrected chi connectivity index (χ3v) is 3.70. The van der Waals surface area contributed by atoms with Crippen LogP contribution >= 0.6 is 15.9 Å². The summed E-state index contributed by atoms with van der Waals surface area (Å²) in [6.07, 6.45) is 6.50. The van der Waals surface area contributed by atoms with Gasteiger partial charge < -0.3 is 9.47 Å². The first-order valence-electron chi connectivity index (χ1n) is 7.07. The summed E-state index contributed by atoms with van der Waals surface area (Å²) >= 11 is 3.47. The minimum atomic E-state index is 0.0252. The van der Waals surface area contributed by atoms with Gasteiger partial charge in [-0.3, -0.25) is 4.79 Å². The maximum Gasteiger partial charge on any atom is 0.293 e. The molecule has 0 aromatic carbocycles. The third-order valence-electron chi connectivity index (χ3n) is 3.34. The van der Waals surface area contributed by atoms with Crippen LogP contribution in [0.25, 0.3) is 0 Å². The van der Waals surface area contributed by atoms with Gasteiger partial charge in [0.2, 0.25) is 0 Å². The SMILES string of the molecule is CCCn1ccnc(N(CCBr)C(CC)CC)c1=O. The molecule has 0 radical (unpaired) electrons. The minimum absolute atomic E-state index is 0.0252. The van der Waals surface area contributed by atoms with Gasteiger partial charge in [-0.05, 0) is 19.3 Å². The van der Waals surface area contributed by atoms with Crippen molar-refractivity contribution in [2.24, 2.45) is 0 Å². The fourth-order valence-electron chi connectivity index (χ4n) is 2.33. The highest BCUT2D eigenvalue weighted by molar-refractivity contribution is 9.09. The maximum absolute atomic E-state index is 12.5. The van der Waals surface area contributed by atoms with E-state index in [1.807, 2.05) is 0 Å². The summed E-state index contributed by atoms with van der Waals surface area (Å²) in [6.45, 7) is 7.94. The molecule has 1 aromatic heterocycles. The number of rotatable bonds is 8. The number of nitrogens with zero attached hydrogens (tertiary/aromatic N) is 3. The topological polar surface area (TPSA) is 38.1 Å². The van der Waals surface area contributed by atoms with E-state index in [1.165, 1.54) is 0 Å². The lowest BCUT2D eigenvalue weighted by Crippen LogP contribution is -2.41. The molecule has 108 valence electrons. The van der Waals surface area contributed by atoms with Crippen LogP contribution in [0.15, 0.2) is 17.2 Å². The van der Waals surface area contributed by atoms with Crippen molar-refractivity contribution in [2.75, 3.05) is 16.8 Å². The van der Waals surface area contributed by atoms with Crippen LogP contribution in [-0.2, 0) is 6.54 Å². The second-order valence-corrected chi connectivity index (χ2v) is 5.40. The number of aryl methyl sites for hydroxylation is 1. The average molecular weight is 330 g/mol. The zero-order valence-electron chi connectivity index (χ0n) is 12.1. The molecule has 0 amide bonds. The highest BCUT2D eigenvalue weighted by atomic mass is 79.9. The number of hydrogen-bond acceptors (Lipinski definition) is 3. The minimum Gasteiger partial charge on any atom is -0.348 e. The van der Waals surface area contributed by atoms with Gasteiger partial charge in [-0.1, -0.05) is 36.7 Å². The Kier molecular flexibility index (Phi) is 7.13. The van der Waals surface area contributed by atoms with E-state index >= 15 is 0 Å². The zero-order valence-corrected chi connectivity index (χ0v) is 13.7. The van der Waals surface area contributed by atoms with E-state index in [0.29, 0.717) is 11.9 Å². The maximum atomic E-state index is 12.5. The number of halogens is 1. The molecule has 0 fully saturated rings. The molecule has 1 aromatic rings. The average Bonchev–Trinajstić information content (AvgIpc) is 2.42. The van der Waals surface area contributed by atoms with Crippen molar-refractivity contribution >= 4 is 21.7 Å². The normalized spacial score (nSPS) is 11.0. The van der Waals surface area contributed by atoms with Crippen molar-refractivity contribution < 1.29 is 0 Å². The van der Waals surface area contributed by atoms with E-state index in [4.69, 9.17) is 0 Å². The molecule has 0 aliphatic rings. The van der Waals surface area contributed by atoms with Gasteiger partial charge in [0.25, 0.3) is 5.56 Å². The van der Waals surface area contributed by atoms with Gasteiger partial charge in [-0.15, -0.1) is 0 Å². The number of anilines is 1. The fourth-order valence-corrected chi connectivity index (χ4v) is 2.71. The van der Waals surface area contributed by atoms with Gasteiger partial charge in [0.05, 0.1) is 0 Å². The summed E-state index contributed by atoms with van der Waals surface area (Å²) in [4.78, 5) is 18.9. The summed E-state index contributed by atoms with van der Waals surface area (Å²) < 4.78 is 1.76. The molecule has 0 aliphatic carbocycles. The van der Waals surface area contributed by atoms with Crippen molar-refractivity contribution in [1.29, 1.82) is 0 Å². The Morgan fingerprint density at radius 1 is 1.37 bits per heavy atom. The van der Waals surface area contributed by atoms with Crippen LogP contribution in [0.3, 0.4) is 0 Å². The molecule has 0 N–H and O–H groups in total. The van der Waals surface area contributed by atoms with E-state index in [-0.39, 0.29) is 5.56 Å². The summed E-state index contributed by atoms with van der Waals surface area (Å²) in [5.74, 6) is 0.587. The Morgan fingerprint density at radius 3 is 2.58 bits per heavy atom. The molecule has 0 spiro atoms. The van der Waals surface area contributed by atoms with Crippen LogP contribution in [-0.4, -0.2) is 27.5 Å². The van der Waals surface area contributed by atoms with Crippen LogP contribution in [0.1, 0.15) is 40.0 Å². The predicted octanol–water partition coefficient (Wildman–Crippen LogP) is 3.04. The monoisotopic (exact) mass is 329 g/mol. The molecule has 0 saturated carbocycles. The number of hydrogen-bond donors (Lipinski definition) is 0. The molecule has 1 rings (SSSR count). The predicted molar refractivity (Wildman–Crippen MR) is 84.3 cm³/mol. The van der Waals surface area contributed by atoms with Crippen molar-refractivity contribution in [3.63, 3.8) is 0 Å². The quantitative estimate of drug-likeness (QED) is 0.688. The summed E-state index contributed by atoms with van der Waals surface area (Å²) in [7, 11) is 0. The molecule has 19 heavy (non-hydrogen) atoms. The third kappa shape index (κ3) is 4.06. The van der Waals surface area contributed by atoms with Crippen LogP contribution in [0, 0.1) is 0 Å². The van der Waals surface area contributed by atoms with Gasteiger partial charge in [0.15, 0.2) is 5.82 Å². The van der Waals surface area contributed by atoms with Crippen molar-refractivity contribution in [1.82, 2.24) is 9.55 Å². The van der Waals surface area contributed by atoms with Crippen LogP contribution < -0.4 is 10.5 Å². The second kappa shape index (κ2) is 8.35. The lowest BCUT2D eigenvalue weighted by atomic mass is 10.1. The molecule has 4 nitrogen and oxygen atoms in total. The first-order chi connectivity index (χ1) is 9.19. The molecular weight excluding hydrogens is 306 g/mol. The van der Waals surface area contributed by atoms with E-state index < -0.39 is 0 Å². The Bertz CT molecular complexity index is 429. The molecular formula is C14H24BrN3O. The zero-order chi connectivity index (χ0) is 14.3. The van der Waals surface area contributed by atoms with Crippen LogP contribution in [0.5, 0.6) is 0 Å². The highest BCUT2D eigenvalue weighted by Crippen LogP contribution is 2.14. The first kappa shape index (κ1) is 16.2. The molecule has 0 aliphatic heterocycles. The van der Waals surface area contributed by atoms with E-state index in [0.717, 1.165) is 37.7 Å². The van der Waals surface area contributed by atoms with E-state index in [2.05, 4.69) is 46.6 Å². The van der Waals surface area contributed by atoms with Gasteiger partial charge in [0, 0.05) is 36.9 Å². The highest BCUT2D eigenvalue weighted by Gasteiger charge is 2.19. The second-order valence-electron chi connectivity index (χ2n) is 4.60. The van der Waals surface area contributed by atoms with Crippen LogP contribution in [0.2, 0.25) is 0 Å². The molecule has 0 bridgehead atoms. The van der Waals surface area contributed by atoms with Crippen LogP contribution in [0.4, 0.5) is 5.82 Å². The van der Waals surface area contributed by atoms with Gasteiger partial charge in [-0.2, -0.15) is 0 Å². The Balaban J connectivity index is 3.15. The van der Waals surface area contributed by atoms with Gasteiger partial charge in [0.1, 0.15) is 0 Å². The molecule has 0 unspecified atom stereocenters. The standard InChI is InChI=1S/C14H24BrN3O/c1-4-9-17-11-8-16-13(14(17)19)18(10-7-15)12(5-2)6-3/h8,11-12H,4-7,9-10H2,1-3H3. The lowest BCUT2D eigenvalue weighted by Gasteiger charge is -2.30. The Hall–Kier alpha value is -0.840. The van der Waals surface area contributed by atoms with Crippen molar-refractivity contribution in [3.8, 4) is 0 Å². The first-order valence-corrected chi connectivity index (χ1v) is 8.19. The Morgan fingerprint density at radius 2 is 2.05 bits per heavy atom. The Labute approximate surface area is 124 Å². The van der Waals surface area contributed by atoms with Crippen molar-refractivity contribution in [3.05, 3.63) is 22.7 Å². The van der Waals surface area contributed by atoms with Gasteiger partial charge in [-0.25, -0.2) is 4.98 Å². The van der Waals surface area contributed by atoms with Gasteiger partial charge >= 0.3 is 0 Å². The summed E-state index contributed by atoms with van der Waals surface area (Å²) in [5.41, 5.74) is 0.0252. The fraction of sp³-hybridized carbons (Fsp3) is 0.714. The summed E-state index contributed by atoms with van der Waals surface area (Å²) in [6, 6.07) is 0.371. The molecule has 5 heteroatoms. The van der Waals surface area contributed by atoms with Crippen molar-refractivity contribution in [2.45, 2.75) is 52.6 Å². The molecule has 0 saturated heterocycles. The largest absolute Gasteiger partial charge is 0.348 e. The number of aromatic nitrogens is 2. The molecule has 0 atom stereocenters. The van der Waals surface area contributed by atoms with E-state index in [9.17, 15) is 4.79 Å². The number of alkyl halides is 1. The molecule has 1 heterocycles. The summed E-state index contributed by atoms with van der Waals surface area (Å²) in [5, 5.41) is 0.841. The smallest absolute Gasteiger partial charge is 0.293 e. The van der Waals surface area contributed by atoms with E-state index in [1.54, 1.807) is 17.0 Å².